The van der Waals surface area contributed by atoms with Crippen molar-refractivity contribution in [3.8, 4) is 0 Å². The molecule has 8 heteroatoms. The van der Waals surface area contributed by atoms with Gasteiger partial charge in [0.25, 0.3) is 5.56 Å². The molecule has 0 aliphatic carbocycles. The van der Waals surface area contributed by atoms with Gasteiger partial charge in [-0.05, 0) is 51.2 Å². The minimum absolute atomic E-state index is 0.0741. The number of imidazole rings is 1. The molecule has 0 saturated carbocycles. The molecule has 3 aromatic rings. The first-order valence-electron chi connectivity index (χ1n) is 11.7. The Labute approximate surface area is 194 Å². The molecule has 0 bridgehead atoms. The van der Waals surface area contributed by atoms with E-state index in [1.807, 2.05) is 49.6 Å². The number of rotatable bonds is 6. The molecule has 1 aliphatic heterocycles. The molecule has 176 valence electrons. The van der Waals surface area contributed by atoms with E-state index < -0.39 is 0 Å². The Hall–Kier alpha value is -3.13. The minimum atomic E-state index is -0.338. The summed E-state index contributed by atoms with van der Waals surface area (Å²) in [6, 6.07) is 8.14. The molecule has 1 aromatic carbocycles. The van der Waals surface area contributed by atoms with Crippen LogP contribution < -0.4 is 21.9 Å². The Kier molecular flexibility index (Phi) is 6.56. The zero-order chi connectivity index (χ0) is 23.7. The van der Waals surface area contributed by atoms with Crippen molar-refractivity contribution in [3.63, 3.8) is 0 Å². The van der Waals surface area contributed by atoms with E-state index in [9.17, 15) is 9.59 Å². The first kappa shape index (κ1) is 23.0. The van der Waals surface area contributed by atoms with Gasteiger partial charge >= 0.3 is 5.69 Å². The summed E-state index contributed by atoms with van der Waals surface area (Å²) in [5.41, 5.74) is 9.94. The van der Waals surface area contributed by atoms with Crippen LogP contribution in [0.3, 0.4) is 0 Å². The number of hydrogen-bond acceptors (Lipinski definition) is 5. The smallest absolute Gasteiger partial charge is 0.332 e. The van der Waals surface area contributed by atoms with Crippen molar-refractivity contribution in [3.05, 3.63) is 67.9 Å². The van der Waals surface area contributed by atoms with E-state index in [4.69, 9.17) is 10.7 Å². The van der Waals surface area contributed by atoms with Gasteiger partial charge in [0.05, 0.1) is 0 Å². The molecule has 8 nitrogen and oxygen atoms in total. The summed E-state index contributed by atoms with van der Waals surface area (Å²) in [6.07, 6.45) is 4.65. The predicted molar refractivity (Wildman–Crippen MR) is 133 cm³/mol. The van der Waals surface area contributed by atoms with Crippen LogP contribution in [-0.4, -0.2) is 37.8 Å². The summed E-state index contributed by atoms with van der Waals surface area (Å²) in [5, 5.41) is 0. The molecule has 0 spiro atoms. The number of aryl methyl sites for hydroxylation is 3. The number of nitrogens with zero attached hydrogens (tertiary/aromatic N) is 5. The highest BCUT2D eigenvalue weighted by atomic mass is 16.2. The van der Waals surface area contributed by atoms with Crippen molar-refractivity contribution in [2.24, 2.45) is 12.8 Å². The third-order valence-electron chi connectivity index (χ3n) is 6.50. The van der Waals surface area contributed by atoms with E-state index in [2.05, 4.69) is 11.0 Å². The van der Waals surface area contributed by atoms with Gasteiger partial charge in [-0.2, -0.15) is 4.98 Å². The second-order valence-corrected chi connectivity index (χ2v) is 9.30. The summed E-state index contributed by atoms with van der Waals surface area (Å²) >= 11 is 0. The standard InChI is InChI=1S/C25H34N6O2/c1-17(2)11-14-30-21-22(27-24(30)29-13-7-10-20(26)16-29)28(4)25(33)31(23(21)32)15-12-19-9-6-5-8-18(19)3/h5-6,8-9,11,20H,7,10,12-16,26H2,1-4H3. The second kappa shape index (κ2) is 9.39. The SMILES string of the molecule is CC(C)=CCn1c(N2CCCC(N)C2)nc2c1c(=O)n(CCc1ccccc1C)c(=O)n2C. The number of aromatic nitrogens is 4. The van der Waals surface area contributed by atoms with Crippen LogP contribution in [0.2, 0.25) is 0 Å². The average molecular weight is 451 g/mol. The molecule has 1 unspecified atom stereocenters. The van der Waals surface area contributed by atoms with Crippen LogP contribution >= 0.6 is 0 Å². The third kappa shape index (κ3) is 4.53. The van der Waals surface area contributed by atoms with Gasteiger partial charge < -0.3 is 15.2 Å². The minimum Gasteiger partial charge on any atom is -0.341 e. The van der Waals surface area contributed by atoms with Crippen molar-refractivity contribution in [1.29, 1.82) is 0 Å². The lowest BCUT2D eigenvalue weighted by Crippen LogP contribution is -2.44. The molecular formula is C25H34N6O2. The summed E-state index contributed by atoms with van der Waals surface area (Å²) in [7, 11) is 1.69. The van der Waals surface area contributed by atoms with Gasteiger partial charge in [-0.25, -0.2) is 4.79 Å². The number of anilines is 1. The van der Waals surface area contributed by atoms with Crippen LogP contribution in [-0.2, 0) is 26.6 Å². The van der Waals surface area contributed by atoms with E-state index in [-0.39, 0.29) is 17.3 Å². The predicted octanol–water partition coefficient (Wildman–Crippen LogP) is 2.34. The van der Waals surface area contributed by atoms with Crippen LogP contribution in [0.5, 0.6) is 0 Å². The fraction of sp³-hybridized carbons (Fsp3) is 0.480. The maximum absolute atomic E-state index is 13.7. The highest BCUT2D eigenvalue weighted by molar-refractivity contribution is 5.74. The van der Waals surface area contributed by atoms with Crippen LogP contribution in [0.4, 0.5) is 5.95 Å². The molecule has 1 fully saturated rings. The van der Waals surface area contributed by atoms with E-state index in [1.165, 1.54) is 9.13 Å². The molecule has 2 N–H and O–H groups in total. The number of benzene rings is 1. The van der Waals surface area contributed by atoms with Gasteiger partial charge in [-0.1, -0.05) is 35.9 Å². The van der Waals surface area contributed by atoms with E-state index >= 15 is 0 Å². The molecule has 1 atom stereocenters. The molecule has 0 radical (unpaired) electrons. The summed E-state index contributed by atoms with van der Waals surface area (Å²) in [5.74, 6) is 0.710. The van der Waals surface area contributed by atoms with Crippen molar-refractivity contribution in [1.82, 2.24) is 18.7 Å². The molecule has 1 saturated heterocycles. The monoisotopic (exact) mass is 450 g/mol. The van der Waals surface area contributed by atoms with Gasteiger partial charge in [-0.3, -0.25) is 13.9 Å². The number of allylic oxidation sites excluding steroid dienone is 2. The fourth-order valence-corrected chi connectivity index (χ4v) is 4.56. The van der Waals surface area contributed by atoms with Gasteiger partial charge in [0, 0.05) is 39.3 Å². The van der Waals surface area contributed by atoms with E-state index in [1.54, 1.807) is 7.05 Å². The maximum Gasteiger partial charge on any atom is 0.332 e. The lowest BCUT2D eigenvalue weighted by Gasteiger charge is -2.31. The third-order valence-corrected chi connectivity index (χ3v) is 6.50. The van der Waals surface area contributed by atoms with Gasteiger partial charge in [0.1, 0.15) is 0 Å². The summed E-state index contributed by atoms with van der Waals surface area (Å²) in [4.78, 5) is 33.8. The van der Waals surface area contributed by atoms with Gasteiger partial charge in [0.2, 0.25) is 5.95 Å². The largest absolute Gasteiger partial charge is 0.341 e. The molecule has 33 heavy (non-hydrogen) atoms. The maximum atomic E-state index is 13.7. The Balaban J connectivity index is 1.85. The molecule has 2 aromatic heterocycles. The first-order valence-corrected chi connectivity index (χ1v) is 11.7. The van der Waals surface area contributed by atoms with Crippen LogP contribution in [0, 0.1) is 6.92 Å². The Morgan fingerprint density at radius 3 is 2.67 bits per heavy atom. The van der Waals surface area contributed by atoms with Crippen molar-refractivity contribution < 1.29 is 0 Å². The Morgan fingerprint density at radius 1 is 1.21 bits per heavy atom. The zero-order valence-electron chi connectivity index (χ0n) is 20.0. The molecule has 3 heterocycles. The average Bonchev–Trinajstić information content (AvgIpc) is 3.17. The quantitative estimate of drug-likeness (QED) is 0.582. The summed E-state index contributed by atoms with van der Waals surface area (Å²) in [6.45, 7) is 8.48. The highest BCUT2D eigenvalue weighted by Crippen LogP contribution is 2.23. The van der Waals surface area contributed by atoms with Crippen molar-refractivity contribution in [2.75, 3.05) is 18.0 Å². The normalized spacial score (nSPS) is 16.4. The molecule has 0 amide bonds. The lowest BCUT2D eigenvalue weighted by molar-refractivity contribution is 0.495. The lowest BCUT2D eigenvalue weighted by atomic mass is 10.1. The molecular weight excluding hydrogens is 416 g/mol. The topological polar surface area (TPSA) is 91.1 Å². The van der Waals surface area contributed by atoms with Crippen LogP contribution in [0.25, 0.3) is 11.2 Å². The van der Waals surface area contributed by atoms with Crippen molar-refractivity contribution in [2.45, 2.75) is 59.2 Å². The zero-order valence-corrected chi connectivity index (χ0v) is 20.0. The van der Waals surface area contributed by atoms with Crippen LogP contribution in [0.15, 0.2) is 45.5 Å². The second-order valence-electron chi connectivity index (χ2n) is 9.30. The van der Waals surface area contributed by atoms with Crippen molar-refractivity contribution >= 4 is 17.1 Å². The first-order chi connectivity index (χ1) is 15.8. The number of fused-ring (bicyclic) bond motifs is 1. The van der Waals surface area contributed by atoms with E-state index in [0.717, 1.165) is 36.1 Å². The van der Waals surface area contributed by atoms with Gasteiger partial charge in [0.15, 0.2) is 11.2 Å². The Morgan fingerprint density at radius 2 is 1.97 bits per heavy atom. The molecule has 4 rings (SSSR count). The van der Waals surface area contributed by atoms with Gasteiger partial charge in [-0.15, -0.1) is 0 Å². The summed E-state index contributed by atoms with van der Waals surface area (Å²) < 4.78 is 4.80. The highest BCUT2D eigenvalue weighted by Gasteiger charge is 2.26. The molecule has 1 aliphatic rings. The number of nitrogens with two attached hydrogens (primary N) is 1. The fourth-order valence-electron chi connectivity index (χ4n) is 4.56. The van der Waals surface area contributed by atoms with Crippen LogP contribution in [0.1, 0.15) is 37.8 Å². The van der Waals surface area contributed by atoms with E-state index in [0.29, 0.717) is 43.2 Å². The Bertz CT molecular complexity index is 1310. The number of hydrogen-bond donors (Lipinski definition) is 1. The number of piperidine rings is 1.